The molecule has 7 heteroatoms. The highest BCUT2D eigenvalue weighted by Crippen LogP contribution is 2.30. The van der Waals surface area contributed by atoms with E-state index in [9.17, 15) is 15.2 Å². The summed E-state index contributed by atoms with van der Waals surface area (Å²) in [5.74, 6) is 0.749. The van der Waals surface area contributed by atoms with Crippen molar-refractivity contribution < 1.29 is 10.0 Å². The molecule has 0 amide bonds. The molecule has 0 aromatic carbocycles. The molecular formula is C13H20BrN3O3. The molecule has 112 valence electrons. The predicted octanol–water partition coefficient (Wildman–Crippen LogP) is 3.27. The van der Waals surface area contributed by atoms with Crippen molar-refractivity contribution >= 4 is 27.4 Å². The molecule has 0 aliphatic rings. The molecule has 0 spiro atoms. The number of aromatic nitrogens is 1. The van der Waals surface area contributed by atoms with Gasteiger partial charge in [-0.15, -0.1) is 0 Å². The first kappa shape index (κ1) is 16.8. The van der Waals surface area contributed by atoms with Gasteiger partial charge in [0, 0.05) is 12.1 Å². The first-order valence-corrected chi connectivity index (χ1v) is 7.43. The summed E-state index contributed by atoms with van der Waals surface area (Å²) in [4.78, 5) is 14.4. The summed E-state index contributed by atoms with van der Waals surface area (Å²) in [7, 11) is 0. The molecule has 0 radical (unpaired) electrons. The van der Waals surface area contributed by atoms with Crippen LogP contribution in [0.15, 0.2) is 10.7 Å². The van der Waals surface area contributed by atoms with E-state index in [0.29, 0.717) is 22.4 Å². The number of hydrogen-bond acceptors (Lipinski definition) is 5. The van der Waals surface area contributed by atoms with Crippen molar-refractivity contribution in [3.05, 3.63) is 26.3 Å². The molecule has 2 N–H and O–H groups in total. The highest BCUT2D eigenvalue weighted by molar-refractivity contribution is 9.10. The quantitative estimate of drug-likeness (QED) is 0.584. The molecule has 20 heavy (non-hydrogen) atoms. The first-order valence-electron chi connectivity index (χ1n) is 6.63. The maximum absolute atomic E-state index is 10.8. The molecule has 0 aliphatic heterocycles. The number of nitro groups is 1. The number of anilines is 1. The second-order valence-electron chi connectivity index (χ2n) is 4.71. The van der Waals surface area contributed by atoms with Gasteiger partial charge >= 0.3 is 0 Å². The standard InChI is InChI=1S/C13H20BrN3O3/c1-4-9(5-2)11(18)7-16-13-12(14)8(3)10(6-15-13)17(19)20/h6,9,11,18H,4-5,7H2,1-3H3,(H,15,16). The molecule has 1 rings (SSSR count). The molecule has 1 atom stereocenters. The number of rotatable bonds is 7. The Morgan fingerprint density at radius 1 is 1.50 bits per heavy atom. The van der Waals surface area contributed by atoms with E-state index in [2.05, 4.69) is 26.2 Å². The third kappa shape index (κ3) is 3.89. The number of nitrogens with one attached hydrogen (secondary N) is 1. The van der Waals surface area contributed by atoms with Crippen molar-refractivity contribution in [2.45, 2.75) is 39.7 Å². The van der Waals surface area contributed by atoms with Gasteiger partial charge < -0.3 is 10.4 Å². The van der Waals surface area contributed by atoms with E-state index < -0.39 is 11.0 Å². The van der Waals surface area contributed by atoms with Crippen molar-refractivity contribution in [3.8, 4) is 0 Å². The van der Waals surface area contributed by atoms with Crippen LogP contribution >= 0.6 is 15.9 Å². The Morgan fingerprint density at radius 3 is 2.60 bits per heavy atom. The summed E-state index contributed by atoms with van der Waals surface area (Å²) in [6.07, 6.45) is 2.58. The summed E-state index contributed by atoms with van der Waals surface area (Å²) < 4.78 is 0.559. The lowest BCUT2D eigenvalue weighted by molar-refractivity contribution is -0.385. The summed E-state index contributed by atoms with van der Waals surface area (Å²) >= 11 is 3.31. The Labute approximate surface area is 126 Å². The minimum absolute atomic E-state index is 0.0250. The van der Waals surface area contributed by atoms with Crippen LogP contribution in [0.3, 0.4) is 0 Å². The summed E-state index contributed by atoms with van der Waals surface area (Å²) in [5, 5.41) is 23.9. The number of aliphatic hydroxyl groups is 1. The van der Waals surface area contributed by atoms with Crippen molar-refractivity contribution in [2.75, 3.05) is 11.9 Å². The van der Waals surface area contributed by atoms with Gasteiger partial charge in [-0.25, -0.2) is 4.98 Å². The zero-order chi connectivity index (χ0) is 15.3. The van der Waals surface area contributed by atoms with Crippen LogP contribution in [0.25, 0.3) is 0 Å². The van der Waals surface area contributed by atoms with Crippen LogP contribution in [-0.2, 0) is 0 Å². The maximum atomic E-state index is 10.8. The molecule has 0 saturated heterocycles. The average Bonchev–Trinajstić information content (AvgIpc) is 2.41. The van der Waals surface area contributed by atoms with Gasteiger partial charge in [-0.05, 0) is 28.8 Å². The molecule has 1 heterocycles. The smallest absolute Gasteiger partial charge is 0.291 e. The van der Waals surface area contributed by atoms with E-state index >= 15 is 0 Å². The molecular weight excluding hydrogens is 326 g/mol. The van der Waals surface area contributed by atoms with E-state index in [1.54, 1.807) is 6.92 Å². The Bertz CT molecular complexity index is 478. The van der Waals surface area contributed by atoms with E-state index in [4.69, 9.17) is 0 Å². The largest absolute Gasteiger partial charge is 0.391 e. The third-order valence-electron chi connectivity index (χ3n) is 3.51. The molecule has 0 fully saturated rings. The highest BCUT2D eigenvalue weighted by Gasteiger charge is 2.19. The second-order valence-corrected chi connectivity index (χ2v) is 5.51. The van der Waals surface area contributed by atoms with Crippen LogP contribution in [-0.4, -0.2) is 27.7 Å². The van der Waals surface area contributed by atoms with Crippen LogP contribution in [0.2, 0.25) is 0 Å². The normalized spacial score (nSPS) is 12.5. The van der Waals surface area contributed by atoms with Crippen LogP contribution < -0.4 is 5.32 Å². The number of halogens is 1. The van der Waals surface area contributed by atoms with Crippen LogP contribution in [0.4, 0.5) is 11.5 Å². The lowest BCUT2D eigenvalue weighted by atomic mass is 9.96. The van der Waals surface area contributed by atoms with Crippen LogP contribution in [0, 0.1) is 23.0 Å². The van der Waals surface area contributed by atoms with Gasteiger partial charge in [-0.3, -0.25) is 10.1 Å². The first-order chi connectivity index (χ1) is 9.42. The molecule has 0 bridgehead atoms. The molecule has 1 aromatic rings. The van der Waals surface area contributed by atoms with Gasteiger partial charge in [-0.2, -0.15) is 0 Å². The van der Waals surface area contributed by atoms with Gasteiger partial charge in [0.25, 0.3) is 5.69 Å². The Kier molecular flexibility index (Phi) is 6.35. The predicted molar refractivity (Wildman–Crippen MR) is 81.9 cm³/mol. The summed E-state index contributed by atoms with van der Waals surface area (Å²) in [6, 6.07) is 0. The minimum atomic E-state index is -0.464. The number of hydrogen-bond donors (Lipinski definition) is 2. The topological polar surface area (TPSA) is 88.3 Å². The second kappa shape index (κ2) is 7.54. The maximum Gasteiger partial charge on any atom is 0.291 e. The summed E-state index contributed by atoms with van der Waals surface area (Å²) in [5.41, 5.74) is 0.493. The van der Waals surface area contributed by atoms with E-state index in [-0.39, 0.29) is 11.6 Å². The number of aliphatic hydroxyl groups excluding tert-OH is 1. The fraction of sp³-hybridized carbons (Fsp3) is 0.615. The third-order valence-corrected chi connectivity index (χ3v) is 4.48. The van der Waals surface area contributed by atoms with Crippen molar-refractivity contribution in [1.82, 2.24) is 4.98 Å². The molecule has 1 aromatic heterocycles. The molecule has 6 nitrogen and oxygen atoms in total. The SMILES string of the molecule is CCC(CC)C(O)CNc1ncc([N+](=O)[O-])c(C)c1Br. The fourth-order valence-electron chi connectivity index (χ4n) is 2.08. The number of pyridine rings is 1. The zero-order valence-corrected chi connectivity index (χ0v) is 13.5. The minimum Gasteiger partial charge on any atom is -0.391 e. The van der Waals surface area contributed by atoms with Gasteiger partial charge in [0.2, 0.25) is 0 Å². The lowest BCUT2D eigenvalue weighted by Crippen LogP contribution is -2.28. The average molecular weight is 346 g/mol. The Hall–Kier alpha value is -1.21. The Balaban J connectivity index is 2.79. The monoisotopic (exact) mass is 345 g/mol. The molecule has 0 saturated carbocycles. The fourth-order valence-corrected chi connectivity index (χ4v) is 2.52. The van der Waals surface area contributed by atoms with Crippen LogP contribution in [0.5, 0.6) is 0 Å². The van der Waals surface area contributed by atoms with Gasteiger partial charge in [0.05, 0.1) is 15.5 Å². The molecule has 0 aliphatic carbocycles. The van der Waals surface area contributed by atoms with Gasteiger partial charge in [0.1, 0.15) is 12.0 Å². The zero-order valence-electron chi connectivity index (χ0n) is 11.9. The highest BCUT2D eigenvalue weighted by atomic mass is 79.9. The van der Waals surface area contributed by atoms with Crippen molar-refractivity contribution in [2.24, 2.45) is 5.92 Å². The van der Waals surface area contributed by atoms with E-state index in [0.717, 1.165) is 12.8 Å². The molecule has 1 unspecified atom stereocenters. The van der Waals surface area contributed by atoms with Crippen molar-refractivity contribution in [3.63, 3.8) is 0 Å². The van der Waals surface area contributed by atoms with Crippen molar-refractivity contribution in [1.29, 1.82) is 0 Å². The van der Waals surface area contributed by atoms with Crippen LogP contribution in [0.1, 0.15) is 32.3 Å². The van der Waals surface area contributed by atoms with Gasteiger partial charge in [-0.1, -0.05) is 26.7 Å². The lowest BCUT2D eigenvalue weighted by Gasteiger charge is -2.21. The van der Waals surface area contributed by atoms with Gasteiger partial charge in [0.15, 0.2) is 0 Å². The number of nitrogens with zero attached hydrogens (tertiary/aromatic N) is 2. The Morgan fingerprint density at radius 2 is 2.10 bits per heavy atom. The van der Waals surface area contributed by atoms with E-state index in [1.807, 2.05) is 13.8 Å². The summed E-state index contributed by atoms with van der Waals surface area (Å²) in [6.45, 7) is 6.12. The van der Waals surface area contributed by atoms with E-state index in [1.165, 1.54) is 6.20 Å².